The molecular weight excluding hydrogens is 234 g/mol. The van der Waals surface area contributed by atoms with Crippen molar-refractivity contribution in [2.45, 2.75) is 0 Å². The molecule has 0 radical (unpaired) electrons. The van der Waals surface area contributed by atoms with Crippen molar-refractivity contribution in [3.05, 3.63) is 28.2 Å². The molecule has 1 nitrogen and oxygen atoms in total. The molecule has 0 aliphatic heterocycles. The predicted octanol–water partition coefficient (Wildman–Crippen LogP) is 2.31. The lowest BCUT2D eigenvalue weighted by atomic mass is 10.2. The molecule has 1 aromatic rings. The summed E-state index contributed by atoms with van der Waals surface area (Å²) in [5, 5.41) is 0. The smallest absolute Gasteiger partial charge is 0.0521 e. The van der Waals surface area contributed by atoms with Gasteiger partial charge in [-0.1, -0.05) is 11.8 Å². The fourth-order valence-electron chi connectivity index (χ4n) is 0.746. The molecule has 0 spiro atoms. The average molecular weight is 242 g/mol. The van der Waals surface area contributed by atoms with E-state index in [-0.39, 0.29) is 0 Å². The van der Waals surface area contributed by atoms with Crippen molar-refractivity contribution in [2.75, 3.05) is 11.5 Å². The summed E-state index contributed by atoms with van der Waals surface area (Å²) in [6.07, 6.45) is 0. The first-order valence-corrected chi connectivity index (χ1v) is 4.81. The fourth-order valence-corrected chi connectivity index (χ4v) is 1.20. The van der Waals surface area contributed by atoms with Crippen LogP contribution in [0.2, 0.25) is 0 Å². The van der Waals surface area contributed by atoms with Gasteiger partial charge in [-0.2, -0.15) is 12.6 Å². The minimum atomic E-state index is 0.571. The van der Waals surface area contributed by atoms with Gasteiger partial charge in [0.2, 0.25) is 0 Å². The summed E-state index contributed by atoms with van der Waals surface area (Å²) < 4.78 is 0.883. The molecule has 0 unspecified atom stereocenters. The van der Waals surface area contributed by atoms with Gasteiger partial charge in [0.05, 0.1) is 5.75 Å². The summed E-state index contributed by atoms with van der Waals surface area (Å²) in [5.41, 5.74) is 7.28. The largest absolute Gasteiger partial charge is 0.398 e. The maximum atomic E-state index is 5.61. The third-order valence-corrected chi connectivity index (χ3v) is 2.16. The van der Waals surface area contributed by atoms with Crippen molar-refractivity contribution >= 4 is 34.2 Å². The monoisotopic (exact) mass is 241 g/mol. The topological polar surface area (TPSA) is 26.0 Å². The third kappa shape index (κ3) is 2.47. The number of nitrogen functional groups attached to an aromatic ring is 1. The van der Waals surface area contributed by atoms with Crippen LogP contribution in [0.15, 0.2) is 22.7 Å². The first-order valence-electron chi connectivity index (χ1n) is 3.39. The molecule has 1 aromatic carbocycles. The highest BCUT2D eigenvalue weighted by atomic mass is 79.9. The molecule has 0 atom stereocenters. The summed E-state index contributed by atoms with van der Waals surface area (Å²) >= 11 is 7.31. The van der Waals surface area contributed by atoms with E-state index in [1.165, 1.54) is 0 Å². The Labute approximate surface area is 85.9 Å². The third-order valence-electron chi connectivity index (χ3n) is 1.31. The molecule has 0 aliphatic carbocycles. The van der Waals surface area contributed by atoms with Crippen LogP contribution >= 0.6 is 28.6 Å². The van der Waals surface area contributed by atoms with Crippen LogP contribution in [0.4, 0.5) is 5.69 Å². The van der Waals surface area contributed by atoms with Gasteiger partial charge < -0.3 is 5.73 Å². The van der Waals surface area contributed by atoms with Crippen molar-refractivity contribution in [2.24, 2.45) is 0 Å². The van der Waals surface area contributed by atoms with E-state index in [1.54, 1.807) is 0 Å². The quantitative estimate of drug-likeness (QED) is 0.407. The van der Waals surface area contributed by atoms with E-state index < -0.39 is 0 Å². The molecule has 0 aromatic heterocycles. The van der Waals surface area contributed by atoms with Crippen LogP contribution in [-0.4, -0.2) is 5.75 Å². The number of hydrogen-bond donors (Lipinski definition) is 2. The Balaban J connectivity index is 2.97. The summed E-state index contributed by atoms with van der Waals surface area (Å²) in [4.78, 5) is 0. The zero-order valence-corrected chi connectivity index (χ0v) is 8.82. The van der Waals surface area contributed by atoms with E-state index in [9.17, 15) is 0 Å². The summed E-state index contributed by atoms with van der Waals surface area (Å²) in [7, 11) is 0. The van der Waals surface area contributed by atoms with Gasteiger partial charge in [-0.05, 0) is 34.1 Å². The molecule has 0 fully saturated rings. The number of nitrogens with two attached hydrogens (primary N) is 1. The highest BCUT2D eigenvalue weighted by Gasteiger charge is 1.94. The van der Waals surface area contributed by atoms with E-state index >= 15 is 0 Å². The number of benzene rings is 1. The normalized spacial score (nSPS) is 8.83. The standard InChI is InChI=1S/C9H8BrNS/c10-8-6-7(2-1-5-12)3-4-9(8)11/h3-4,6,12H,5,11H2. The summed E-state index contributed by atoms with van der Waals surface area (Å²) in [6, 6.07) is 5.61. The molecule has 12 heavy (non-hydrogen) atoms. The minimum absolute atomic E-state index is 0.571. The molecular formula is C9H8BrNS. The van der Waals surface area contributed by atoms with Crippen molar-refractivity contribution < 1.29 is 0 Å². The van der Waals surface area contributed by atoms with Crippen LogP contribution in [0.3, 0.4) is 0 Å². The first-order chi connectivity index (χ1) is 5.74. The van der Waals surface area contributed by atoms with Gasteiger partial charge >= 0.3 is 0 Å². The predicted molar refractivity (Wildman–Crippen MR) is 59.3 cm³/mol. The van der Waals surface area contributed by atoms with E-state index in [0.717, 1.165) is 15.7 Å². The molecule has 0 bridgehead atoms. The van der Waals surface area contributed by atoms with E-state index in [4.69, 9.17) is 5.73 Å². The number of hydrogen-bond acceptors (Lipinski definition) is 2. The van der Waals surface area contributed by atoms with Gasteiger partial charge in [-0.25, -0.2) is 0 Å². The lowest BCUT2D eigenvalue weighted by Crippen LogP contribution is -1.86. The maximum absolute atomic E-state index is 5.61. The molecule has 0 heterocycles. The van der Waals surface area contributed by atoms with E-state index in [0.29, 0.717) is 5.75 Å². The number of anilines is 1. The molecule has 0 saturated heterocycles. The minimum Gasteiger partial charge on any atom is -0.398 e. The van der Waals surface area contributed by atoms with E-state index in [1.807, 2.05) is 18.2 Å². The summed E-state index contributed by atoms with van der Waals surface area (Å²) in [5.74, 6) is 6.39. The van der Waals surface area contributed by atoms with Crippen molar-refractivity contribution in [3.8, 4) is 11.8 Å². The van der Waals surface area contributed by atoms with Gasteiger partial charge in [0.1, 0.15) is 0 Å². The zero-order chi connectivity index (χ0) is 8.97. The Morgan fingerprint density at radius 2 is 2.25 bits per heavy atom. The Morgan fingerprint density at radius 3 is 2.83 bits per heavy atom. The van der Waals surface area contributed by atoms with Gasteiger partial charge in [0, 0.05) is 15.7 Å². The summed E-state index contributed by atoms with van der Waals surface area (Å²) in [6.45, 7) is 0. The average Bonchev–Trinajstić information content (AvgIpc) is 2.07. The SMILES string of the molecule is Nc1ccc(C#CCS)cc1Br. The lowest BCUT2D eigenvalue weighted by molar-refractivity contribution is 1.59. The molecule has 1 rings (SSSR count). The Bertz CT molecular complexity index is 338. The highest BCUT2D eigenvalue weighted by molar-refractivity contribution is 9.10. The molecule has 3 heteroatoms. The number of rotatable bonds is 0. The van der Waals surface area contributed by atoms with Gasteiger partial charge in [-0.3, -0.25) is 0 Å². The second-order valence-corrected chi connectivity index (χ2v) is 3.37. The van der Waals surface area contributed by atoms with Crippen LogP contribution in [0, 0.1) is 11.8 Å². The number of halogens is 1. The molecule has 0 saturated carbocycles. The van der Waals surface area contributed by atoms with Crippen LogP contribution in [0.1, 0.15) is 5.56 Å². The molecule has 0 aliphatic rings. The van der Waals surface area contributed by atoms with E-state index in [2.05, 4.69) is 40.4 Å². The van der Waals surface area contributed by atoms with Gasteiger partial charge in [0.15, 0.2) is 0 Å². The second kappa shape index (κ2) is 4.44. The molecule has 2 N–H and O–H groups in total. The van der Waals surface area contributed by atoms with Crippen molar-refractivity contribution in [1.82, 2.24) is 0 Å². The highest BCUT2D eigenvalue weighted by Crippen LogP contribution is 2.19. The molecule has 0 amide bonds. The second-order valence-electron chi connectivity index (χ2n) is 2.20. The van der Waals surface area contributed by atoms with Crippen LogP contribution in [0.5, 0.6) is 0 Å². The van der Waals surface area contributed by atoms with Crippen LogP contribution in [0.25, 0.3) is 0 Å². The maximum Gasteiger partial charge on any atom is 0.0521 e. The van der Waals surface area contributed by atoms with Gasteiger partial charge in [0.25, 0.3) is 0 Å². The van der Waals surface area contributed by atoms with Crippen LogP contribution in [-0.2, 0) is 0 Å². The molecule has 62 valence electrons. The van der Waals surface area contributed by atoms with Crippen LogP contribution < -0.4 is 5.73 Å². The van der Waals surface area contributed by atoms with Crippen molar-refractivity contribution in [3.63, 3.8) is 0 Å². The Hall–Kier alpha value is -0.590. The fraction of sp³-hybridized carbons (Fsp3) is 0.111. The van der Waals surface area contributed by atoms with Gasteiger partial charge in [-0.15, -0.1) is 0 Å². The Morgan fingerprint density at radius 1 is 1.50 bits per heavy atom. The lowest BCUT2D eigenvalue weighted by Gasteiger charge is -1.96. The zero-order valence-electron chi connectivity index (χ0n) is 6.34. The van der Waals surface area contributed by atoms with Crippen molar-refractivity contribution in [1.29, 1.82) is 0 Å². The number of thiol groups is 1. The first kappa shape index (κ1) is 9.50. The Kier molecular flexibility index (Phi) is 3.51.